The van der Waals surface area contributed by atoms with Crippen molar-refractivity contribution in [2.24, 2.45) is 11.3 Å². The van der Waals surface area contributed by atoms with Gasteiger partial charge in [-0.15, -0.1) is 0 Å². The molecule has 8 nitrogen and oxygen atoms in total. The number of ether oxygens (including phenoxy) is 2. The molecule has 2 aromatic rings. The lowest BCUT2D eigenvalue weighted by Crippen LogP contribution is -2.39. The molecule has 0 saturated carbocycles. The van der Waals surface area contributed by atoms with Crippen molar-refractivity contribution < 1.29 is 31.7 Å². The molecule has 1 aliphatic rings. The van der Waals surface area contributed by atoms with Crippen molar-refractivity contribution in [3.05, 3.63) is 48.2 Å². The van der Waals surface area contributed by atoms with Crippen LogP contribution in [0.4, 0.5) is 0 Å². The molecule has 0 amide bonds. The minimum Gasteiger partial charge on any atom is -0.469 e. The standard InChI is InChI=1S/C24H29NO7S/c1-24(2,3)21-14-18(11-12-31-21)23(27)32-33(28,29)19-9-10-20(25-15-19)17-7-5-16(6-8-17)13-22(26)30-4/h5-10,15,18,21H,11-14H2,1-4H3. The van der Waals surface area contributed by atoms with Gasteiger partial charge in [-0.25, -0.2) is 0 Å². The molecule has 1 fully saturated rings. The third-order valence-electron chi connectivity index (χ3n) is 5.63. The van der Waals surface area contributed by atoms with Gasteiger partial charge >= 0.3 is 22.1 Å². The average Bonchev–Trinajstić information content (AvgIpc) is 2.79. The van der Waals surface area contributed by atoms with E-state index < -0.39 is 22.0 Å². The Bertz CT molecular complexity index is 1090. The van der Waals surface area contributed by atoms with Crippen molar-refractivity contribution in [1.82, 2.24) is 4.98 Å². The lowest BCUT2D eigenvalue weighted by atomic mass is 9.81. The molecule has 3 rings (SSSR count). The van der Waals surface area contributed by atoms with E-state index in [1.807, 2.05) is 20.8 Å². The lowest BCUT2D eigenvalue weighted by Gasteiger charge is -2.36. The Morgan fingerprint density at radius 1 is 1.12 bits per heavy atom. The Hall–Kier alpha value is -2.78. The molecule has 1 aromatic heterocycles. The highest BCUT2D eigenvalue weighted by Gasteiger charge is 2.37. The van der Waals surface area contributed by atoms with Crippen LogP contribution in [-0.2, 0) is 39.8 Å². The molecule has 1 aromatic carbocycles. The van der Waals surface area contributed by atoms with Gasteiger partial charge in [0.25, 0.3) is 0 Å². The Morgan fingerprint density at radius 3 is 2.39 bits per heavy atom. The predicted molar refractivity (Wildman–Crippen MR) is 121 cm³/mol. The number of carbonyl (C=O) groups is 2. The minimum atomic E-state index is -4.29. The van der Waals surface area contributed by atoms with E-state index in [9.17, 15) is 18.0 Å². The highest BCUT2D eigenvalue weighted by Crippen LogP contribution is 2.33. The fourth-order valence-corrected chi connectivity index (χ4v) is 4.43. The SMILES string of the molecule is COC(=O)Cc1ccc(-c2ccc(S(=O)(=O)OC(=O)C3CCOC(C(C)(C)C)C3)cn2)cc1. The molecule has 2 unspecified atom stereocenters. The van der Waals surface area contributed by atoms with E-state index in [1.165, 1.54) is 19.4 Å². The Morgan fingerprint density at radius 2 is 1.82 bits per heavy atom. The summed E-state index contributed by atoms with van der Waals surface area (Å²) in [7, 11) is -2.96. The number of methoxy groups -OCH3 is 1. The van der Waals surface area contributed by atoms with E-state index in [0.29, 0.717) is 25.1 Å². The molecule has 0 spiro atoms. The molecule has 33 heavy (non-hydrogen) atoms. The number of carbonyl (C=O) groups excluding carboxylic acids is 2. The minimum absolute atomic E-state index is 0.147. The van der Waals surface area contributed by atoms with Crippen LogP contribution < -0.4 is 0 Å². The van der Waals surface area contributed by atoms with Crippen LogP contribution >= 0.6 is 0 Å². The van der Waals surface area contributed by atoms with Crippen molar-refractivity contribution in [1.29, 1.82) is 0 Å². The average molecular weight is 476 g/mol. The van der Waals surface area contributed by atoms with Crippen LogP contribution in [0, 0.1) is 11.3 Å². The summed E-state index contributed by atoms with van der Waals surface area (Å²) in [5.41, 5.74) is 1.93. The zero-order chi connectivity index (χ0) is 24.2. The smallest absolute Gasteiger partial charge is 0.343 e. The molecule has 0 bridgehead atoms. The van der Waals surface area contributed by atoms with E-state index >= 15 is 0 Å². The van der Waals surface area contributed by atoms with Crippen LogP contribution in [0.15, 0.2) is 47.5 Å². The molecule has 9 heteroatoms. The summed E-state index contributed by atoms with van der Waals surface area (Å²) in [5.74, 6) is -1.63. The fourth-order valence-electron chi connectivity index (χ4n) is 3.57. The molecule has 1 aliphatic heterocycles. The molecule has 0 N–H and O–H groups in total. The number of aromatic nitrogens is 1. The normalized spacial score (nSPS) is 19.0. The lowest BCUT2D eigenvalue weighted by molar-refractivity contribution is -0.146. The molecule has 2 atom stereocenters. The van der Waals surface area contributed by atoms with Gasteiger partial charge in [0.05, 0.1) is 31.2 Å². The zero-order valence-electron chi connectivity index (χ0n) is 19.2. The van der Waals surface area contributed by atoms with Gasteiger partial charge in [-0.1, -0.05) is 45.0 Å². The van der Waals surface area contributed by atoms with Crippen molar-refractivity contribution in [3.8, 4) is 11.3 Å². The topological polar surface area (TPSA) is 109 Å². The number of benzene rings is 1. The highest BCUT2D eigenvalue weighted by molar-refractivity contribution is 7.87. The second kappa shape index (κ2) is 10.0. The van der Waals surface area contributed by atoms with E-state index in [1.54, 1.807) is 30.3 Å². The van der Waals surface area contributed by atoms with Crippen molar-refractivity contribution >= 4 is 22.1 Å². The zero-order valence-corrected chi connectivity index (χ0v) is 20.1. The molecule has 0 radical (unpaired) electrons. The number of hydrogen-bond acceptors (Lipinski definition) is 8. The van der Waals surface area contributed by atoms with Crippen LogP contribution in [-0.4, -0.2) is 45.2 Å². The first-order valence-corrected chi connectivity index (χ1v) is 12.1. The summed E-state index contributed by atoms with van der Waals surface area (Å²) in [6, 6.07) is 10.0. The Balaban J connectivity index is 1.67. The third kappa shape index (κ3) is 6.39. The number of nitrogens with zero attached hydrogens (tertiary/aromatic N) is 1. The largest absolute Gasteiger partial charge is 0.469 e. The number of hydrogen-bond donors (Lipinski definition) is 0. The van der Waals surface area contributed by atoms with Crippen LogP contribution in [0.1, 0.15) is 39.2 Å². The van der Waals surface area contributed by atoms with Gasteiger partial charge in [0.1, 0.15) is 4.90 Å². The molecular formula is C24H29NO7S. The molecule has 1 saturated heterocycles. The van der Waals surface area contributed by atoms with Gasteiger partial charge in [-0.3, -0.25) is 14.6 Å². The summed E-state index contributed by atoms with van der Waals surface area (Å²) in [6.45, 7) is 6.43. The monoisotopic (exact) mass is 475 g/mol. The van der Waals surface area contributed by atoms with Crippen LogP contribution in [0.25, 0.3) is 11.3 Å². The van der Waals surface area contributed by atoms with Crippen LogP contribution in [0.2, 0.25) is 0 Å². The molecule has 178 valence electrons. The van der Waals surface area contributed by atoms with E-state index in [2.05, 4.69) is 9.72 Å². The number of pyridine rings is 1. The van der Waals surface area contributed by atoms with Gasteiger partial charge < -0.3 is 13.7 Å². The van der Waals surface area contributed by atoms with Crippen molar-refractivity contribution in [3.63, 3.8) is 0 Å². The first-order chi connectivity index (χ1) is 15.5. The first-order valence-electron chi connectivity index (χ1n) is 10.7. The fraction of sp³-hybridized carbons (Fsp3) is 0.458. The van der Waals surface area contributed by atoms with Crippen LogP contribution in [0.5, 0.6) is 0 Å². The maximum atomic E-state index is 12.6. The Kier molecular flexibility index (Phi) is 7.54. The quantitative estimate of drug-likeness (QED) is 0.461. The first kappa shape index (κ1) is 24.9. The van der Waals surface area contributed by atoms with E-state index in [0.717, 1.165) is 11.1 Å². The summed E-state index contributed by atoms with van der Waals surface area (Å²) in [6.07, 6.45) is 2.02. The summed E-state index contributed by atoms with van der Waals surface area (Å²) in [4.78, 5) is 28.0. The molecule has 2 heterocycles. The summed E-state index contributed by atoms with van der Waals surface area (Å²) in [5, 5.41) is 0. The predicted octanol–water partition coefficient (Wildman–Crippen LogP) is 3.54. The molecule has 0 aliphatic carbocycles. The van der Waals surface area contributed by atoms with Gasteiger partial charge in [-0.05, 0) is 36.0 Å². The van der Waals surface area contributed by atoms with Gasteiger partial charge in [0.2, 0.25) is 0 Å². The highest BCUT2D eigenvalue weighted by atomic mass is 32.2. The van der Waals surface area contributed by atoms with E-state index in [-0.39, 0.29) is 28.8 Å². The molecular weight excluding hydrogens is 446 g/mol. The maximum absolute atomic E-state index is 12.6. The number of esters is 1. The van der Waals surface area contributed by atoms with Crippen LogP contribution in [0.3, 0.4) is 0 Å². The van der Waals surface area contributed by atoms with Crippen molar-refractivity contribution in [2.75, 3.05) is 13.7 Å². The summed E-state index contributed by atoms with van der Waals surface area (Å²) >= 11 is 0. The second-order valence-corrected chi connectivity index (χ2v) is 10.7. The van der Waals surface area contributed by atoms with Crippen molar-refractivity contribution in [2.45, 2.75) is 51.0 Å². The summed E-state index contributed by atoms with van der Waals surface area (Å²) < 4.78 is 40.6. The van der Waals surface area contributed by atoms with E-state index in [4.69, 9.17) is 8.92 Å². The maximum Gasteiger partial charge on any atom is 0.343 e. The number of rotatable bonds is 6. The van der Waals surface area contributed by atoms with Gasteiger partial charge in [-0.2, -0.15) is 8.42 Å². The third-order valence-corrected chi connectivity index (χ3v) is 6.83. The second-order valence-electron chi connectivity index (χ2n) is 9.13. The van der Waals surface area contributed by atoms with Gasteiger partial charge in [0, 0.05) is 18.4 Å². The van der Waals surface area contributed by atoms with Gasteiger partial charge in [0.15, 0.2) is 0 Å². The Labute approximate surface area is 194 Å².